The molecule has 8 bridgehead atoms. The minimum absolute atomic E-state index is 0.0839. The number of ether oxygens (including phenoxy) is 6. The summed E-state index contributed by atoms with van der Waals surface area (Å²) in [5.74, 6) is 2.72. The molecule has 0 aliphatic heterocycles. The smallest absolute Gasteiger partial charge is 0.330 e. The number of rotatable bonds is 44. The molecule has 0 amide bonds. The predicted octanol–water partition coefficient (Wildman–Crippen LogP) is 16.9. The second kappa shape index (κ2) is 41.5. The van der Waals surface area contributed by atoms with Gasteiger partial charge in [-0.2, -0.15) is 0 Å². The summed E-state index contributed by atoms with van der Waals surface area (Å²) in [6.45, 7) is 19.3. The van der Waals surface area contributed by atoms with Crippen molar-refractivity contribution < 1.29 is 48.2 Å². The molecule has 0 saturated heterocycles. The summed E-state index contributed by atoms with van der Waals surface area (Å²) < 4.78 is 40.0. The van der Waals surface area contributed by atoms with E-state index in [9.17, 15) is 19.8 Å². The van der Waals surface area contributed by atoms with Crippen LogP contribution < -0.4 is 18.9 Å². The van der Waals surface area contributed by atoms with Gasteiger partial charge in [0.05, 0.1) is 39.6 Å². The number of carbonyl (C=O) groups is 2. The zero-order valence-electron chi connectivity index (χ0n) is 52.6. The number of hydrogen-bond donors (Lipinski definition) is 2. The van der Waals surface area contributed by atoms with Gasteiger partial charge in [0.2, 0.25) is 0 Å². The van der Waals surface area contributed by atoms with Gasteiger partial charge in [0.15, 0.2) is 0 Å². The molecular weight excluding hydrogens is 1050 g/mol. The van der Waals surface area contributed by atoms with E-state index in [2.05, 4.69) is 89.4 Å². The number of benzene rings is 4. The molecule has 0 heterocycles. The molecule has 0 unspecified atom stereocenters. The van der Waals surface area contributed by atoms with E-state index in [4.69, 9.17) is 28.4 Å². The molecule has 0 atom stereocenters. The molecule has 0 aromatic heterocycles. The number of aliphatic hydroxyl groups is 2. The lowest BCUT2D eigenvalue weighted by atomic mass is 9.87. The van der Waals surface area contributed by atoms with Crippen LogP contribution in [-0.2, 0) is 70.4 Å². The van der Waals surface area contributed by atoms with Crippen molar-refractivity contribution in [2.45, 2.75) is 233 Å². The summed E-state index contributed by atoms with van der Waals surface area (Å²) in [5.41, 5.74) is 13.2. The Morgan fingerprint density at radius 1 is 0.345 bits per heavy atom. The minimum atomic E-state index is -0.424. The van der Waals surface area contributed by atoms with Gasteiger partial charge in [-0.05, 0) is 144 Å². The van der Waals surface area contributed by atoms with Crippen molar-refractivity contribution in [3.8, 4) is 23.0 Å². The molecule has 0 radical (unpaired) electrons. The van der Waals surface area contributed by atoms with Crippen molar-refractivity contribution >= 4 is 11.9 Å². The number of fused-ring (bicyclic) bond motifs is 8. The molecule has 0 fully saturated rings. The second-order valence-corrected chi connectivity index (χ2v) is 23.3. The summed E-state index contributed by atoms with van der Waals surface area (Å²) in [7, 11) is 0. The lowest BCUT2D eigenvalue weighted by Crippen LogP contribution is -2.12. The van der Waals surface area contributed by atoms with Crippen LogP contribution >= 0.6 is 0 Å². The van der Waals surface area contributed by atoms with E-state index in [0.29, 0.717) is 103 Å². The maximum absolute atomic E-state index is 12.3. The number of unbranched alkanes of at least 4 members (excludes halogenated alkanes) is 16. The fraction of sp³-hybridized carbons (Fsp3) is 0.595. The highest BCUT2D eigenvalue weighted by molar-refractivity contribution is 5.81. The predicted molar refractivity (Wildman–Crippen MR) is 344 cm³/mol. The van der Waals surface area contributed by atoms with E-state index in [-0.39, 0.29) is 26.4 Å². The SMILES string of the molecule is C=CC(=O)OCCCc1cc2c(OCCCCCCC)c(c1)Cc1cc(CCCO)cc(c1OCCCCCCC)Cc1cc(CCCOC(=O)C=C)cc(c1OCCCCCCC)Cc1cc(CCCO)cc(c1OCCCCCCC)C2. The van der Waals surface area contributed by atoms with E-state index in [1.165, 1.54) is 89.2 Å². The monoisotopic (exact) mass is 1160 g/mol. The van der Waals surface area contributed by atoms with Gasteiger partial charge >= 0.3 is 11.9 Å². The van der Waals surface area contributed by atoms with Gasteiger partial charge < -0.3 is 38.6 Å². The molecule has 5 rings (SSSR count). The highest BCUT2D eigenvalue weighted by Gasteiger charge is 2.25. The Labute approximate surface area is 507 Å². The third-order valence-electron chi connectivity index (χ3n) is 16.0. The molecule has 4 aromatic carbocycles. The molecule has 10 heteroatoms. The first kappa shape index (κ1) is 69.2. The highest BCUT2D eigenvalue weighted by atomic mass is 16.5. The van der Waals surface area contributed by atoms with E-state index in [0.717, 1.165) is 141 Å². The van der Waals surface area contributed by atoms with Gasteiger partial charge in [-0.3, -0.25) is 0 Å². The highest BCUT2D eigenvalue weighted by Crippen LogP contribution is 2.42. The molecule has 10 nitrogen and oxygen atoms in total. The average molecular weight is 1160 g/mol. The standard InChI is InChI=1S/C74H108O10/c1-7-13-17-21-25-39-81-71-61-45-57(33-29-37-75)46-62(71)54-66-50-60(36-32-44-80-70(78)12-6)52-68(74(66)84-42-28-24-20-16-10-4)56-64-48-58(34-30-38-76)47-63(72(64)82-40-26-22-18-14-8-2)55-67-51-59(35-31-43-79-69(77)11-5)49-65(53-61)73(67)83-41-27-23-19-15-9-3/h11-12,45-52,75-76H,5-10,13-44,53-56H2,1-4H3. The summed E-state index contributed by atoms with van der Waals surface area (Å²) >= 11 is 0. The molecule has 0 spiro atoms. The molecule has 0 saturated carbocycles. The zero-order chi connectivity index (χ0) is 60.0. The summed E-state index contributed by atoms with van der Waals surface area (Å²) in [6, 6.07) is 18.5. The topological polar surface area (TPSA) is 130 Å². The van der Waals surface area contributed by atoms with Crippen LogP contribution in [0.25, 0.3) is 0 Å². The summed E-state index contributed by atoms with van der Waals surface area (Å²) in [6.07, 6.45) is 32.2. The second-order valence-electron chi connectivity index (χ2n) is 23.3. The van der Waals surface area contributed by atoms with Gasteiger partial charge in [0.25, 0.3) is 0 Å². The van der Waals surface area contributed by atoms with Crippen molar-refractivity contribution in [3.63, 3.8) is 0 Å². The molecule has 1 aliphatic carbocycles. The molecule has 4 aromatic rings. The largest absolute Gasteiger partial charge is 0.493 e. The number of carbonyl (C=O) groups excluding carboxylic acids is 2. The first-order chi connectivity index (χ1) is 41.2. The minimum Gasteiger partial charge on any atom is -0.493 e. The quantitative estimate of drug-likeness (QED) is 0.0221. The zero-order valence-corrected chi connectivity index (χ0v) is 52.6. The summed E-state index contributed by atoms with van der Waals surface area (Å²) in [4.78, 5) is 24.5. The third-order valence-corrected chi connectivity index (χ3v) is 16.0. The van der Waals surface area contributed by atoms with Crippen molar-refractivity contribution in [2.24, 2.45) is 0 Å². The third kappa shape index (κ3) is 24.8. The average Bonchev–Trinajstić information content (AvgIpc) is 2.23. The fourth-order valence-electron chi connectivity index (χ4n) is 11.6. The Morgan fingerprint density at radius 3 is 0.786 bits per heavy atom. The van der Waals surface area contributed by atoms with Crippen LogP contribution in [0.3, 0.4) is 0 Å². The molecule has 84 heavy (non-hydrogen) atoms. The fourth-order valence-corrected chi connectivity index (χ4v) is 11.6. The number of aliphatic hydroxyl groups excluding tert-OH is 2. The summed E-state index contributed by atoms with van der Waals surface area (Å²) in [5, 5.41) is 20.6. The molecule has 1 aliphatic rings. The lowest BCUT2D eigenvalue weighted by molar-refractivity contribution is -0.138. The van der Waals surface area contributed by atoms with Crippen molar-refractivity contribution in [1.29, 1.82) is 0 Å². The Morgan fingerprint density at radius 2 is 0.571 bits per heavy atom. The van der Waals surface area contributed by atoms with Crippen LogP contribution in [0.1, 0.15) is 249 Å². The van der Waals surface area contributed by atoms with E-state index in [1.54, 1.807) is 0 Å². The van der Waals surface area contributed by atoms with Crippen LogP contribution in [0.15, 0.2) is 73.8 Å². The van der Waals surface area contributed by atoms with Crippen LogP contribution in [0.2, 0.25) is 0 Å². The number of aryl methyl sites for hydroxylation is 4. The van der Waals surface area contributed by atoms with Gasteiger partial charge in [0, 0.05) is 51.0 Å². The van der Waals surface area contributed by atoms with Crippen LogP contribution in [-0.4, -0.2) is 75.0 Å². The Balaban J connectivity index is 1.88. The molecule has 464 valence electrons. The van der Waals surface area contributed by atoms with E-state index in [1.807, 2.05) is 0 Å². The maximum Gasteiger partial charge on any atom is 0.330 e. The van der Waals surface area contributed by atoms with Gasteiger partial charge in [-0.15, -0.1) is 0 Å². The van der Waals surface area contributed by atoms with E-state index >= 15 is 0 Å². The van der Waals surface area contributed by atoms with Crippen LogP contribution in [0.5, 0.6) is 23.0 Å². The van der Waals surface area contributed by atoms with Crippen LogP contribution in [0.4, 0.5) is 0 Å². The van der Waals surface area contributed by atoms with Crippen molar-refractivity contribution in [2.75, 3.05) is 52.9 Å². The van der Waals surface area contributed by atoms with Gasteiger partial charge in [-0.25, -0.2) is 9.59 Å². The number of esters is 2. The van der Waals surface area contributed by atoms with Gasteiger partial charge in [-0.1, -0.05) is 192 Å². The molecular formula is C74H108O10. The van der Waals surface area contributed by atoms with E-state index < -0.39 is 11.9 Å². The lowest BCUT2D eigenvalue weighted by Gasteiger charge is -2.25. The van der Waals surface area contributed by atoms with Crippen molar-refractivity contribution in [1.82, 2.24) is 0 Å². The number of hydrogen-bond acceptors (Lipinski definition) is 10. The first-order valence-corrected chi connectivity index (χ1v) is 33.1. The van der Waals surface area contributed by atoms with Crippen molar-refractivity contribution in [3.05, 3.63) is 141 Å². The Bertz CT molecular complexity index is 2290. The first-order valence-electron chi connectivity index (χ1n) is 33.1. The normalized spacial score (nSPS) is 12.0. The van der Waals surface area contributed by atoms with Gasteiger partial charge in [0.1, 0.15) is 23.0 Å². The van der Waals surface area contributed by atoms with Crippen LogP contribution in [0, 0.1) is 0 Å². The maximum atomic E-state index is 12.3. The Kier molecular flexibility index (Phi) is 34.2. The molecule has 2 N–H and O–H groups in total. The Hall–Kier alpha value is -5.58.